The lowest BCUT2D eigenvalue weighted by Crippen LogP contribution is -2.36. The minimum atomic E-state index is -0.575. The first-order valence-electron chi connectivity index (χ1n) is 6.44. The second-order valence-corrected chi connectivity index (χ2v) is 5.14. The van der Waals surface area contributed by atoms with E-state index in [-0.39, 0.29) is 16.7 Å². The standard InChI is InChI=1S/C14H19N3O3/c1-4-14(3,10(2)18)9-16-12-5-6-13(17(19)20)11(7-12)8-15/h5-7,10,16,18H,4,9H2,1-3H3/t10-,14-/m1/s1. The number of hydrogen-bond acceptors (Lipinski definition) is 5. The molecule has 0 aliphatic rings. The molecular weight excluding hydrogens is 258 g/mol. The van der Waals surface area contributed by atoms with Gasteiger partial charge in [-0.25, -0.2) is 0 Å². The van der Waals surface area contributed by atoms with Crippen LogP contribution in [0.3, 0.4) is 0 Å². The van der Waals surface area contributed by atoms with Crippen molar-refractivity contribution in [3.05, 3.63) is 33.9 Å². The van der Waals surface area contributed by atoms with E-state index in [2.05, 4.69) is 5.32 Å². The molecule has 1 aromatic carbocycles. The number of nitro groups is 1. The molecule has 1 aromatic rings. The normalized spacial score (nSPS) is 14.9. The summed E-state index contributed by atoms with van der Waals surface area (Å²) in [7, 11) is 0. The third-order valence-electron chi connectivity index (χ3n) is 3.83. The van der Waals surface area contributed by atoms with E-state index in [4.69, 9.17) is 5.26 Å². The van der Waals surface area contributed by atoms with Crippen LogP contribution in [-0.2, 0) is 0 Å². The summed E-state index contributed by atoms with van der Waals surface area (Å²) in [6.45, 7) is 6.21. The second-order valence-electron chi connectivity index (χ2n) is 5.14. The molecule has 6 heteroatoms. The molecule has 108 valence electrons. The van der Waals surface area contributed by atoms with Gasteiger partial charge in [0.25, 0.3) is 5.69 Å². The van der Waals surface area contributed by atoms with Crippen LogP contribution in [0.4, 0.5) is 11.4 Å². The van der Waals surface area contributed by atoms with E-state index in [1.54, 1.807) is 13.0 Å². The summed E-state index contributed by atoms with van der Waals surface area (Å²) >= 11 is 0. The average Bonchev–Trinajstić information content (AvgIpc) is 2.43. The first-order valence-corrected chi connectivity index (χ1v) is 6.44. The van der Waals surface area contributed by atoms with Crippen molar-refractivity contribution in [1.82, 2.24) is 0 Å². The molecule has 2 atom stereocenters. The Labute approximate surface area is 118 Å². The zero-order valence-corrected chi connectivity index (χ0v) is 11.9. The van der Waals surface area contributed by atoms with E-state index in [0.29, 0.717) is 12.2 Å². The zero-order chi connectivity index (χ0) is 15.3. The number of aliphatic hydroxyl groups excluding tert-OH is 1. The third-order valence-corrected chi connectivity index (χ3v) is 3.83. The van der Waals surface area contributed by atoms with Crippen molar-refractivity contribution < 1.29 is 10.0 Å². The molecular formula is C14H19N3O3. The molecule has 0 radical (unpaired) electrons. The number of nitrogens with zero attached hydrogens (tertiary/aromatic N) is 2. The fraction of sp³-hybridized carbons (Fsp3) is 0.500. The first kappa shape index (κ1) is 15.9. The maximum Gasteiger partial charge on any atom is 0.287 e. The summed E-state index contributed by atoms with van der Waals surface area (Å²) in [6, 6.07) is 6.15. The fourth-order valence-corrected chi connectivity index (χ4v) is 1.77. The Hall–Kier alpha value is -2.13. The van der Waals surface area contributed by atoms with E-state index >= 15 is 0 Å². The fourth-order valence-electron chi connectivity index (χ4n) is 1.77. The van der Waals surface area contributed by atoms with Gasteiger partial charge in [-0.1, -0.05) is 13.8 Å². The van der Waals surface area contributed by atoms with Crippen LogP contribution in [0.5, 0.6) is 0 Å². The van der Waals surface area contributed by atoms with Crippen molar-refractivity contribution in [2.75, 3.05) is 11.9 Å². The summed E-state index contributed by atoms with van der Waals surface area (Å²) in [6.07, 6.45) is 0.309. The van der Waals surface area contributed by atoms with Gasteiger partial charge in [0.2, 0.25) is 0 Å². The predicted molar refractivity (Wildman–Crippen MR) is 76.4 cm³/mol. The Morgan fingerprint density at radius 1 is 1.60 bits per heavy atom. The maximum atomic E-state index is 10.7. The van der Waals surface area contributed by atoms with Crippen LogP contribution in [0.2, 0.25) is 0 Å². The number of rotatable bonds is 6. The van der Waals surface area contributed by atoms with Crippen molar-refractivity contribution in [2.24, 2.45) is 5.41 Å². The second kappa shape index (κ2) is 6.35. The molecule has 0 saturated heterocycles. The number of aliphatic hydroxyl groups is 1. The van der Waals surface area contributed by atoms with Crippen molar-refractivity contribution in [3.8, 4) is 6.07 Å². The molecule has 20 heavy (non-hydrogen) atoms. The highest BCUT2D eigenvalue weighted by atomic mass is 16.6. The highest BCUT2D eigenvalue weighted by Crippen LogP contribution is 2.27. The lowest BCUT2D eigenvalue weighted by atomic mass is 9.82. The van der Waals surface area contributed by atoms with Crippen molar-refractivity contribution in [1.29, 1.82) is 5.26 Å². The summed E-state index contributed by atoms with van der Waals surface area (Å²) < 4.78 is 0. The van der Waals surface area contributed by atoms with Gasteiger partial charge in [-0.05, 0) is 25.5 Å². The number of hydrogen-bond donors (Lipinski definition) is 2. The lowest BCUT2D eigenvalue weighted by molar-refractivity contribution is -0.385. The molecule has 0 amide bonds. The van der Waals surface area contributed by atoms with Gasteiger partial charge in [-0.2, -0.15) is 5.26 Å². The molecule has 0 heterocycles. The third kappa shape index (κ3) is 3.45. The maximum absolute atomic E-state index is 10.7. The van der Waals surface area contributed by atoms with Crippen molar-refractivity contribution in [2.45, 2.75) is 33.3 Å². The predicted octanol–water partition coefficient (Wildman–Crippen LogP) is 2.68. The topological polar surface area (TPSA) is 99.2 Å². The van der Waals surface area contributed by atoms with Crippen LogP contribution in [0.25, 0.3) is 0 Å². The van der Waals surface area contributed by atoms with Gasteiger partial charge in [-0.15, -0.1) is 0 Å². The molecule has 0 saturated carbocycles. The summed E-state index contributed by atoms with van der Waals surface area (Å²) in [5, 5.41) is 32.6. The largest absolute Gasteiger partial charge is 0.393 e. The molecule has 6 nitrogen and oxygen atoms in total. The van der Waals surface area contributed by atoms with Gasteiger partial charge < -0.3 is 10.4 Å². The summed E-state index contributed by atoms with van der Waals surface area (Å²) in [4.78, 5) is 10.2. The number of benzene rings is 1. The van der Waals surface area contributed by atoms with Crippen LogP contribution in [0.15, 0.2) is 18.2 Å². The van der Waals surface area contributed by atoms with Crippen molar-refractivity contribution >= 4 is 11.4 Å². The van der Waals surface area contributed by atoms with Gasteiger partial charge in [0.05, 0.1) is 11.0 Å². The smallest absolute Gasteiger partial charge is 0.287 e. The van der Waals surface area contributed by atoms with Gasteiger partial charge in [0, 0.05) is 23.7 Å². The zero-order valence-electron chi connectivity index (χ0n) is 11.9. The van der Waals surface area contributed by atoms with Crippen LogP contribution >= 0.6 is 0 Å². The Kier molecular flexibility index (Phi) is 5.06. The number of nitro benzene ring substituents is 1. The van der Waals surface area contributed by atoms with E-state index in [1.807, 2.05) is 19.9 Å². The Balaban J connectivity index is 2.90. The molecule has 0 aliphatic carbocycles. The molecule has 0 aromatic heterocycles. The first-order chi connectivity index (χ1) is 9.34. The molecule has 0 spiro atoms. The van der Waals surface area contributed by atoms with Gasteiger partial charge >= 0.3 is 0 Å². The quantitative estimate of drug-likeness (QED) is 0.615. The molecule has 1 rings (SSSR count). The highest BCUT2D eigenvalue weighted by Gasteiger charge is 2.27. The van der Waals surface area contributed by atoms with Crippen LogP contribution in [-0.4, -0.2) is 22.7 Å². The lowest BCUT2D eigenvalue weighted by Gasteiger charge is -2.32. The number of nitriles is 1. The van der Waals surface area contributed by atoms with Crippen LogP contribution in [0, 0.1) is 26.9 Å². The summed E-state index contributed by atoms with van der Waals surface area (Å²) in [5.41, 5.74) is 0.156. The van der Waals surface area contributed by atoms with Gasteiger partial charge in [-0.3, -0.25) is 10.1 Å². The molecule has 0 aliphatic heterocycles. The van der Waals surface area contributed by atoms with E-state index in [9.17, 15) is 15.2 Å². The van der Waals surface area contributed by atoms with E-state index in [1.165, 1.54) is 12.1 Å². The van der Waals surface area contributed by atoms with Gasteiger partial charge in [0.1, 0.15) is 11.6 Å². The minimum Gasteiger partial charge on any atom is -0.393 e. The number of nitrogens with one attached hydrogen (secondary N) is 1. The molecule has 2 N–H and O–H groups in total. The van der Waals surface area contributed by atoms with E-state index < -0.39 is 11.0 Å². The highest BCUT2D eigenvalue weighted by molar-refractivity contribution is 5.58. The van der Waals surface area contributed by atoms with Gasteiger partial charge in [0.15, 0.2) is 0 Å². The average molecular weight is 277 g/mol. The monoisotopic (exact) mass is 277 g/mol. The Bertz CT molecular complexity index is 537. The molecule has 0 fully saturated rings. The summed E-state index contributed by atoms with van der Waals surface area (Å²) in [5.74, 6) is 0. The van der Waals surface area contributed by atoms with E-state index in [0.717, 1.165) is 6.42 Å². The Morgan fingerprint density at radius 3 is 2.70 bits per heavy atom. The van der Waals surface area contributed by atoms with Crippen molar-refractivity contribution in [3.63, 3.8) is 0 Å². The van der Waals surface area contributed by atoms with Crippen LogP contribution in [0.1, 0.15) is 32.8 Å². The molecule has 0 unspecified atom stereocenters. The van der Waals surface area contributed by atoms with Crippen LogP contribution < -0.4 is 5.32 Å². The minimum absolute atomic E-state index is 0.0234. The molecule has 0 bridgehead atoms. The SMILES string of the molecule is CC[C@](C)(CNc1ccc([N+](=O)[O-])c(C#N)c1)[C@@H](C)O. The Morgan fingerprint density at radius 2 is 2.25 bits per heavy atom. The number of anilines is 1.